The fourth-order valence-corrected chi connectivity index (χ4v) is 5.30. The van der Waals surface area contributed by atoms with Crippen molar-refractivity contribution in [3.8, 4) is 0 Å². The highest BCUT2D eigenvalue weighted by Crippen LogP contribution is 2.30. The van der Waals surface area contributed by atoms with E-state index in [2.05, 4.69) is 20.3 Å². The fourth-order valence-electron chi connectivity index (χ4n) is 4.60. The normalized spacial score (nSPS) is 17.2. The molecule has 12 heteroatoms. The number of nitrogens with zero attached hydrogens (tertiary/aromatic N) is 1. The minimum atomic E-state index is -3.86. The molecule has 11 nitrogen and oxygen atoms in total. The molecule has 3 atom stereocenters. The van der Waals surface area contributed by atoms with E-state index in [9.17, 15) is 18.0 Å². The Labute approximate surface area is 220 Å². The zero-order valence-electron chi connectivity index (χ0n) is 20.8. The van der Waals surface area contributed by atoms with Crippen LogP contribution in [0.5, 0.6) is 0 Å². The molecule has 1 aromatic heterocycles. The Hall–Kier alpha value is -3.87. The van der Waals surface area contributed by atoms with Gasteiger partial charge in [-0.2, -0.15) is 0 Å². The second kappa shape index (κ2) is 11.7. The van der Waals surface area contributed by atoms with E-state index >= 15 is 0 Å². The van der Waals surface area contributed by atoms with Gasteiger partial charge in [0, 0.05) is 5.92 Å². The highest BCUT2D eigenvalue weighted by molar-refractivity contribution is 7.88. The van der Waals surface area contributed by atoms with Crippen LogP contribution in [-0.2, 0) is 19.6 Å². The molecule has 1 aliphatic rings. The number of nitrogens with two attached hydrogens (primary N) is 1. The van der Waals surface area contributed by atoms with Crippen molar-refractivity contribution in [1.82, 2.24) is 20.3 Å². The number of carbonyl (C=O) groups is 2. The van der Waals surface area contributed by atoms with Crippen molar-refractivity contribution in [2.24, 2.45) is 5.73 Å². The third-order valence-electron chi connectivity index (χ3n) is 6.30. The lowest BCUT2D eigenvalue weighted by Crippen LogP contribution is -2.53. The number of ketones is 1. The summed E-state index contributed by atoms with van der Waals surface area (Å²) < 4.78 is 32.6. The van der Waals surface area contributed by atoms with Gasteiger partial charge in [0.2, 0.25) is 15.9 Å². The molecule has 0 bridgehead atoms. The molecule has 1 fully saturated rings. The number of nitrogen functional groups attached to an aromatic ring is 1. The van der Waals surface area contributed by atoms with E-state index in [0.29, 0.717) is 24.1 Å². The number of aromatic nitrogens is 1. The molecule has 200 valence electrons. The summed E-state index contributed by atoms with van der Waals surface area (Å²) in [6.07, 6.45) is 3.50. The van der Waals surface area contributed by atoms with Crippen molar-refractivity contribution in [3.63, 3.8) is 0 Å². The summed E-state index contributed by atoms with van der Waals surface area (Å²) >= 11 is 0. The molecule has 1 unspecified atom stereocenters. The van der Waals surface area contributed by atoms with Gasteiger partial charge in [-0.25, -0.2) is 18.1 Å². The molecule has 2 aromatic carbocycles. The molecular weight excluding hydrogens is 508 g/mol. The SMILES string of the molecule is CS(=O)(=O)N[C@@H](C(=O)NC(C(=O)[C@@H]1CCCN1)c1coc(C(=N)N)n1)C(c1ccccc1)c1ccccc1. The zero-order valence-corrected chi connectivity index (χ0v) is 21.6. The summed E-state index contributed by atoms with van der Waals surface area (Å²) in [5.41, 5.74) is 6.95. The zero-order chi connectivity index (χ0) is 27.3. The third-order valence-corrected chi connectivity index (χ3v) is 6.98. The quantitative estimate of drug-likeness (QED) is 0.178. The molecule has 1 amide bonds. The molecule has 0 aliphatic carbocycles. The monoisotopic (exact) mass is 538 g/mol. The molecule has 4 rings (SSSR count). The van der Waals surface area contributed by atoms with Gasteiger partial charge in [-0.1, -0.05) is 60.7 Å². The Bertz CT molecular complexity index is 1350. The first-order chi connectivity index (χ1) is 18.1. The van der Waals surface area contributed by atoms with E-state index in [1.807, 2.05) is 36.4 Å². The molecule has 38 heavy (non-hydrogen) atoms. The standard InChI is InChI=1S/C26H30N6O5S/c1-38(35,36)32-22(20(16-9-4-2-5-10-16)17-11-6-3-7-12-17)25(34)31-21(23(33)18-13-8-14-29-18)19-15-37-26(30-19)24(27)28/h2-7,9-12,15,18,20-22,29,32H,8,13-14H2,1H3,(H3,27,28)(H,31,34)/t18-,21?,22+/m0/s1. The first-order valence-electron chi connectivity index (χ1n) is 12.1. The lowest BCUT2D eigenvalue weighted by molar-refractivity contribution is -0.130. The summed E-state index contributed by atoms with van der Waals surface area (Å²) in [6, 6.07) is 15.0. The van der Waals surface area contributed by atoms with Crippen molar-refractivity contribution in [2.45, 2.75) is 36.9 Å². The second-order valence-corrected chi connectivity index (χ2v) is 10.9. The first-order valence-corrected chi connectivity index (χ1v) is 14.0. The topological polar surface area (TPSA) is 180 Å². The van der Waals surface area contributed by atoms with Crippen molar-refractivity contribution in [2.75, 3.05) is 12.8 Å². The van der Waals surface area contributed by atoms with E-state index < -0.39 is 45.8 Å². The maximum Gasteiger partial charge on any atom is 0.261 e. The van der Waals surface area contributed by atoms with Crippen LogP contribution in [0.1, 0.15) is 47.5 Å². The molecule has 1 saturated heterocycles. The number of amidine groups is 1. The van der Waals surface area contributed by atoms with E-state index in [0.717, 1.165) is 12.7 Å². The van der Waals surface area contributed by atoms with Gasteiger partial charge in [0.05, 0.1) is 12.3 Å². The molecular formula is C26H30N6O5S. The minimum Gasteiger partial charge on any atom is -0.442 e. The summed E-state index contributed by atoms with van der Waals surface area (Å²) in [7, 11) is -3.86. The van der Waals surface area contributed by atoms with Crippen molar-refractivity contribution in [3.05, 3.63) is 89.6 Å². The largest absolute Gasteiger partial charge is 0.442 e. The van der Waals surface area contributed by atoms with Gasteiger partial charge < -0.3 is 20.8 Å². The summed E-state index contributed by atoms with van der Waals surface area (Å²) in [4.78, 5) is 31.5. The van der Waals surface area contributed by atoms with Gasteiger partial charge >= 0.3 is 0 Å². The van der Waals surface area contributed by atoms with Crippen molar-refractivity contribution >= 4 is 27.5 Å². The number of hydrogen-bond acceptors (Lipinski definition) is 8. The Morgan fingerprint density at radius 3 is 2.18 bits per heavy atom. The van der Waals surface area contributed by atoms with Crippen molar-refractivity contribution < 1.29 is 22.4 Å². The number of oxazole rings is 1. The van der Waals surface area contributed by atoms with Gasteiger partial charge in [-0.3, -0.25) is 15.0 Å². The summed E-state index contributed by atoms with van der Waals surface area (Å²) in [5, 5.41) is 13.4. The lowest BCUT2D eigenvalue weighted by atomic mass is 9.84. The van der Waals surface area contributed by atoms with Crippen molar-refractivity contribution in [1.29, 1.82) is 5.41 Å². The number of hydrogen-bond donors (Lipinski definition) is 5. The van der Waals surface area contributed by atoms with Gasteiger partial charge in [0.25, 0.3) is 5.89 Å². The number of rotatable bonds is 11. The highest BCUT2D eigenvalue weighted by Gasteiger charge is 2.38. The van der Waals surface area contributed by atoms with Crippen LogP contribution in [0, 0.1) is 5.41 Å². The average Bonchev–Trinajstić information content (AvgIpc) is 3.60. The minimum absolute atomic E-state index is 0.0660. The van der Waals surface area contributed by atoms with Crippen LogP contribution in [0.15, 0.2) is 71.3 Å². The number of Topliss-reactive ketones (excluding diaryl/α,β-unsaturated/α-hetero) is 1. The Balaban J connectivity index is 1.75. The van der Waals surface area contributed by atoms with Gasteiger partial charge in [0.15, 0.2) is 11.6 Å². The third kappa shape index (κ3) is 6.52. The number of carbonyl (C=O) groups excluding carboxylic acids is 2. The van der Waals surface area contributed by atoms with Crippen LogP contribution in [0.2, 0.25) is 0 Å². The number of sulfonamides is 1. The smallest absolute Gasteiger partial charge is 0.261 e. The van der Waals surface area contributed by atoms with Crippen LogP contribution in [0.25, 0.3) is 0 Å². The number of amides is 1. The van der Waals surface area contributed by atoms with E-state index in [-0.39, 0.29) is 17.4 Å². The van der Waals surface area contributed by atoms with Crippen LogP contribution in [0.4, 0.5) is 0 Å². The molecule has 0 saturated carbocycles. The summed E-state index contributed by atoms with van der Waals surface area (Å²) in [6.45, 7) is 0.650. The van der Waals surface area contributed by atoms with Crippen LogP contribution in [-0.4, -0.2) is 55.8 Å². The Kier molecular flexibility index (Phi) is 8.35. The van der Waals surface area contributed by atoms with E-state index in [4.69, 9.17) is 15.6 Å². The van der Waals surface area contributed by atoms with Crippen LogP contribution in [0.3, 0.4) is 0 Å². The molecule has 3 aromatic rings. The summed E-state index contributed by atoms with van der Waals surface area (Å²) in [5.74, 6) is -2.41. The molecule has 1 aliphatic heterocycles. The highest BCUT2D eigenvalue weighted by atomic mass is 32.2. The van der Waals surface area contributed by atoms with Gasteiger partial charge in [0.1, 0.15) is 24.0 Å². The molecule has 2 heterocycles. The van der Waals surface area contributed by atoms with E-state index in [1.54, 1.807) is 24.3 Å². The first kappa shape index (κ1) is 27.2. The lowest BCUT2D eigenvalue weighted by Gasteiger charge is -2.29. The molecule has 6 N–H and O–H groups in total. The Morgan fingerprint density at radius 1 is 1.11 bits per heavy atom. The maximum absolute atomic E-state index is 13.9. The van der Waals surface area contributed by atoms with Crippen LogP contribution >= 0.6 is 0 Å². The fraction of sp³-hybridized carbons (Fsp3) is 0.308. The molecule has 0 radical (unpaired) electrons. The average molecular weight is 539 g/mol. The number of benzene rings is 2. The molecule has 0 spiro atoms. The van der Waals surface area contributed by atoms with Crippen LogP contribution < -0.4 is 21.1 Å². The Morgan fingerprint density at radius 2 is 1.71 bits per heavy atom. The van der Waals surface area contributed by atoms with Gasteiger partial charge in [-0.05, 0) is 30.5 Å². The predicted molar refractivity (Wildman–Crippen MR) is 141 cm³/mol. The second-order valence-electron chi connectivity index (χ2n) is 9.15. The predicted octanol–water partition coefficient (Wildman–Crippen LogP) is 1.19. The number of nitrogens with one attached hydrogen (secondary N) is 4. The van der Waals surface area contributed by atoms with E-state index in [1.165, 1.54) is 6.26 Å². The maximum atomic E-state index is 13.9. The van der Waals surface area contributed by atoms with Gasteiger partial charge in [-0.15, -0.1) is 0 Å².